The van der Waals surface area contributed by atoms with Gasteiger partial charge in [-0.25, -0.2) is 4.79 Å². The van der Waals surface area contributed by atoms with Crippen molar-refractivity contribution in [3.8, 4) is 0 Å². The van der Waals surface area contributed by atoms with Crippen molar-refractivity contribution in [2.24, 2.45) is 4.99 Å². The summed E-state index contributed by atoms with van der Waals surface area (Å²) in [7, 11) is 0. The Morgan fingerprint density at radius 3 is 2.29 bits per heavy atom. The molecule has 1 saturated carbocycles. The van der Waals surface area contributed by atoms with E-state index in [1.54, 1.807) is 6.08 Å². The number of isocyanates is 1. The fourth-order valence-corrected chi connectivity index (χ4v) is 2.17. The summed E-state index contributed by atoms with van der Waals surface area (Å²) in [5.41, 5.74) is 3.45. The van der Waals surface area contributed by atoms with E-state index in [2.05, 4.69) is 31.0 Å². The van der Waals surface area contributed by atoms with Crippen molar-refractivity contribution in [2.75, 3.05) is 0 Å². The Morgan fingerprint density at radius 1 is 1.29 bits per heavy atom. The maximum atomic E-state index is 10.4. The molecule has 0 bridgehead atoms. The van der Waals surface area contributed by atoms with Crippen LogP contribution in [0.4, 0.5) is 0 Å². The van der Waals surface area contributed by atoms with Crippen molar-refractivity contribution in [1.29, 1.82) is 0 Å². The molecule has 0 spiro atoms. The molecule has 0 atom stereocenters. The highest BCUT2D eigenvalue weighted by molar-refractivity contribution is 5.47. The predicted molar refractivity (Wildman–Crippen MR) is 54.9 cm³/mol. The van der Waals surface area contributed by atoms with Crippen LogP contribution < -0.4 is 0 Å². The molecule has 72 valence electrons. The first-order valence-corrected chi connectivity index (χ1v) is 4.85. The second-order valence-electron chi connectivity index (χ2n) is 4.00. The second-order valence-corrected chi connectivity index (χ2v) is 4.00. The normalized spacial score (nSPS) is 17.3. The summed E-state index contributed by atoms with van der Waals surface area (Å²) in [4.78, 5) is 14.3. The molecule has 1 aromatic rings. The highest BCUT2D eigenvalue weighted by Crippen LogP contribution is 2.51. The molecule has 1 aliphatic rings. The van der Waals surface area contributed by atoms with Gasteiger partial charge in [0.25, 0.3) is 0 Å². The number of rotatable bonds is 2. The van der Waals surface area contributed by atoms with Gasteiger partial charge in [-0.15, -0.1) is 0 Å². The maximum absolute atomic E-state index is 10.4. The van der Waals surface area contributed by atoms with Crippen molar-refractivity contribution < 1.29 is 4.79 Å². The standard InChI is InChI=1S/C12H13NO/c1-9-4-3-5-10(2)11(9)12(6-7-12)13-8-14/h3-5H,6-7H2,1-2H3. The van der Waals surface area contributed by atoms with Gasteiger partial charge in [-0.1, -0.05) is 18.2 Å². The highest BCUT2D eigenvalue weighted by Gasteiger charge is 2.46. The Bertz CT molecular complexity index is 392. The predicted octanol–water partition coefficient (Wildman–Crippen LogP) is 2.63. The van der Waals surface area contributed by atoms with Crippen molar-refractivity contribution >= 4 is 6.08 Å². The third-order valence-corrected chi connectivity index (χ3v) is 2.93. The van der Waals surface area contributed by atoms with Gasteiger partial charge < -0.3 is 0 Å². The molecule has 0 unspecified atom stereocenters. The molecule has 0 aliphatic heterocycles. The Morgan fingerprint density at radius 2 is 1.86 bits per heavy atom. The van der Waals surface area contributed by atoms with Gasteiger partial charge in [0.2, 0.25) is 6.08 Å². The lowest BCUT2D eigenvalue weighted by Crippen LogP contribution is -2.07. The van der Waals surface area contributed by atoms with Crippen LogP contribution in [0.3, 0.4) is 0 Å². The Kier molecular flexibility index (Phi) is 2.01. The van der Waals surface area contributed by atoms with E-state index in [1.807, 2.05) is 6.07 Å². The largest absolute Gasteiger partial charge is 0.235 e. The zero-order chi connectivity index (χ0) is 10.2. The molecule has 0 amide bonds. The molecule has 2 nitrogen and oxygen atoms in total. The van der Waals surface area contributed by atoms with Crippen LogP contribution in [-0.4, -0.2) is 6.08 Å². The topological polar surface area (TPSA) is 29.4 Å². The molecule has 1 aromatic carbocycles. The zero-order valence-electron chi connectivity index (χ0n) is 8.50. The molecule has 14 heavy (non-hydrogen) atoms. The van der Waals surface area contributed by atoms with Crippen LogP contribution in [0.1, 0.15) is 29.5 Å². The van der Waals surface area contributed by atoms with Crippen LogP contribution in [0, 0.1) is 13.8 Å². The first kappa shape index (κ1) is 9.17. The van der Waals surface area contributed by atoms with Crippen LogP contribution in [-0.2, 0) is 10.3 Å². The summed E-state index contributed by atoms with van der Waals surface area (Å²) in [5, 5.41) is 0. The molecule has 0 N–H and O–H groups in total. The van der Waals surface area contributed by atoms with Gasteiger partial charge in [-0.2, -0.15) is 4.99 Å². The zero-order valence-corrected chi connectivity index (χ0v) is 8.50. The molecule has 0 saturated heterocycles. The first-order valence-electron chi connectivity index (χ1n) is 4.85. The van der Waals surface area contributed by atoms with Gasteiger partial charge in [-0.3, -0.25) is 0 Å². The minimum atomic E-state index is -0.225. The molecular weight excluding hydrogens is 174 g/mol. The third kappa shape index (κ3) is 1.28. The lowest BCUT2D eigenvalue weighted by molar-refractivity contribution is 0.556. The highest BCUT2D eigenvalue weighted by atomic mass is 16.1. The molecule has 0 heterocycles. The Balaban J connectivity index is 2.56. The molecule has 2 rings (SSSR count). The number of benzene rings is 1. The van der Waals surface area contributed by atoms with E-state index in [0.29, 0.717) is 0 Å². The quantitative estimate of drug-likeness (QED) is 0.517. The Labute approximate surface area is 83.7 Å². The minimum Gasteiger partial charge on any atom is -0.211 e. The van der Waals surface area contributed by atoms with E-state index in [1.165, 1.54) is 16.7 Å². The number of hydrogen-bond donors (Lipinski definition) is 0. The van der Waals surface area contributed by atoms with E-state index in [9.17, 15) is 4.79 Å². The fourth-order valence-electron chi connectivity index (χ4n) is 2.17. The number of aryl methyl sites for hydroxylation is 2. The SMILES string of the molecule is Cc1cccc(C)c1C1(N=C=O)CC1. The van der Waals surface area contributed by atoms with Crippen LogP contribution in [0.15, 0.2) is 23.2 Å². The molecule has 1 fully saturated rings. The Hall–Kier alpha value is -1.40. The lowest BCUT2D eigenvalue weighted by atomic mass is 9.95. The third-order valence-electron chi connectivity index (χ3n) is 2.93. The van der Waals surface area contributed by atoms with Crippen LogP contribution in [0.25, 0.3) is 0 Å². The summed E-state index contributed by atoms with van der Waals surface area (Å²) in [6, 6.07) is 6.18. The minimum absolute atomic E-state index is 0.225. The first-order chi connectivity index (χ1) is 6.69. The molecular formula is C12H13NO. The van der Waals surface area contributed by atoms with E-state index in [0.717, 1.165) is 12.8 Å². The van der Waals surface area contributed by atoms with Gasteiger partial charge in [-0.05, 0) is 43.4 Å². The van der Waals surface area contributed by atoms with Gasteiger partial charge >= 0.3 is 0 Å². The van der Waals surface area contributed by atoms with Gasteiger partial charge in [0.1, 0.15) is 0 Å². The smallest absolute Gasteiger partial charge is 0.211 e. The van der Waals surface area contributed by atoms with Gasteiger partial charge in [0.15, 0.2) is 0 Å². The summed E-state index contributed by atoms with van der Waals surface area (Å²) in [5.74, 6) is 0. The van der Waals surface area contributed by atoms with E-state index < -0.39 is 0 Å². The summed E-state index contributed by atoms with van der Waals surface area (Å²) >= 11 is 0. The fraction of sp³-hybridized carbons (Fsp3) is 0.417. The summed E-state index contributed by atoms with van der Waals surface area (Å²) in [6.07, 6.45) is 3.66. The summed E-state index contributed by atoms with van der Waals surface area (Å²) in [6.45, 7) is 4.14. The van der Waals surface area contributed by atoms with Crippen molar-refractivity contribution in [3.05, 3.63) is 34.9 Å². The van der Waals surface area contributed by atoms with Gasteiger partial charge in [0, 0.05) is 0 Å². The second kappa shape index (κ2) is 3.07. The van der Waals surface area contributed by atoms with Crippen molar-refractivity contribution in [3.63, 3.8) is 0 Å². The number of carbonyl (C=O) groups excluding carboxylic acids is 1. The van der Waals surface area contributed by atoms with Gasteiger partial charge in [0.05, 0.1) is 5.54 Å². The molecule has 1 aliphatic carbocycles. The van der Waals surface area contributed by atoms with E-state index >= 15 is 0 Å². The lowest BCUT2D eigenvalue weighted by Gasteiger charge is -2.14. The van der Waals surface area contributed by atoms with E-state index in [-0.39, 0.29) is 5.54 Å². The maximum Gasteiger partial charge on any atom is 0.235 e. The molecule has 0 aromatic heterocycles. The van der Waals surface area contributed by atoms with Crippen LogP contribution >= 0.6 is 0 Å². The number of nitrogens with zero attached hydrogens (tertiary/aromatic N) is 1. The molecule has 2 heteroatoms. The summed E-state index contributed by atoms with van der Waals surface area (Å²) < 4.78 is 0. The van der Waals surface area contributed by atoms with Crippen molar-refractivity contribution in [1.82, 2.24) is 0 Å². The number of aliphatic imine (C=N–C) groups is 1. The average Bonchev–Trinajstić information content (AvgIpc) is 2.86. The monoisotopic (exact) mass is 187 g/mol. The number of hydrogen-bond acceptors (Lipinski definition) is 2. The van der Waals surface area contributed by atoms with Crippen molar-refractivity contribution in [2.45, 2.75) is 32.2 Å². The van der Waals surface area contributed by atoms with E-state index in [4.69, 9.17) is 0 Å². The van der Waals surface area contributed by atoms with Crippen LogP contribution in [0.2, 0.25) is 0 Å². The molecule has 0 radical (unpaired) electrons. The van der Waals surface area contributed by atoms with Crippen LogP contribution in [0.5, 0.6) is 0 Å². The average molecular weight is 187 g/mol.